The van der Waals surface area contributed by atoms with E-state index in [4.69, 9.17) is 4.74 Å². The Kier molecular flexibility index (Phi) is 5.81. The van der Waals surface area contributed by atoms with Crippen molar-refractivity contribution in [3.63, 3.8) is 0 Å². The molecule has 2 N–H and O–H groups in total. The number of benzene rings is 2. The van der Waals surface area contributed by atoms with Crippen molar-refractivity contribution in [2.45, 2.75) is 13.8 Å². The number of carbonyl (C=O) groups excluding carboxylic acids is 1. The van der Waals surface area contributed by atoms with E-state index in [9.17, 15) is 13.2 Å². The molecule has 0 aliphatic rings. The second-order valence-electron chi connectivity index (χ2n) is 4.93. The van der Waals surface area contributed by atoms with E-state index in [1.165, 1.54) is 6.92 Å². The van der Waals surface area contributed by atoms with Crippen molar-refractivity contribution in [1.82, 2.24) is 0 Å². The minimum absolute atomic E-state index is 0.0733. The maximum absolute atomic E-state index is 12.6. The molecule has 0 atom stereocenters. The van der Waals surface area contributed by atoms with Gasteiger partial charge in [0.15, 0.2) is 0 Å². The Morgan fingerprint density at radius 3 is 2.29 bits per heavy atom. The van der Waals surface area contributed by atoms with Crippen LogP contribution in [0.25, 0.3) is 0 Å². The predicted octanol–water partition coefficient (Wildman–Crippen LogP) is 3.10. The van der Waals surface area contributed by atoms with E-state index < -0.39 is 15.9 Å². The number of para-hydroxylation sites is 3. The maximum atomic E-state index is 12.6. The molecule has 0 spiro atoms. The molecule has 0 unspecified atom stereocenters. The normalized spacial score (nSPS) is 10.9. The molecule has 0 bridgehead atoms. The first-order chi connectivity index (χ1) is 11.5. The van der Waals surface area contributed by atoms with Gasteiger partial charge in [0.2, 0.25) is 10.0 Å². The van der Waals surface area contributed by atoms with Crippen LogP contribution in [0.3, 0.4) is 0 Å². The summed E-state index contributed by atoms with van der Waals surface area (Å²) in [7, 11) is -3.47. The lowest BCUT2D eigenvalue weighted by molar-refractivity contribution is 0.102. The highest BCUT2D eigenvalue weighted by molar-refractivity contribution is 7.92. The molecule has 0 fully saturated rings. The second-order valence-corrected chi connectivity index (χ2v) is 6.95. The van der Waals surface area contributed by atoms with Crippen molar-refractivity contribution in [2.24, 2.45) is 0 Å². The van der Waals surface area contributed by atoms with E-state index in [0.29, 0.717) is 18.0 Å². The molecule has 7 heteroatoms. The van der Waals surface area contributed by atoms with Gasteiger partial charge >= 0.3 is 0 Å². The van der Waals surface area contributed by atoms with Crippen molar-refractivity contribution in [3.8, 4) is 5.75 Å². The molecular weight excluding hydrogens is 328 g/mol. The zero-order chi connectivity index (χ0) is 17.6. The van der Waals surface area contributed by atoms with Crippen LogP contribution in [-0.4, -0.2) is 26.7 Å². The topological polar surface area (TPSA) is 84.5 Å². The van der Waals surface area contributed by atoms with E-state index in [1.807, 2.05) is 13.0 Å². The fourth-order valence-electron chi connectivity index (χ4n) is 2.05. The molecule has 6 nitrogen and oxygen atoms in total. The summed E-state index contributed by atoms with van der Waals surface area (Å²) in [4.78, 5) is 12.6. The largest absolute Gasteiger partial charge is 0.492 e. The Morgan fingerprint density at radius 2 is 1.62 bits per heavy atom. The third-order valence-corrected chi connectivity index (χ3v) is 4.54. The quantitative estimate of drug-likeness (QED) is 0.805. The van der Waals surface area contributed by atoms with Crippen LogP contribution < -0.4 is 14.8 Å². The molecule has 0 saturated heterocycles. The molecule has 2 rings (SSSR count). The van der Waals surface area contributed by atoms with Gasteiger partial charge in [-0.15, -0.1) is 0 Å². The minimum atomic E-state index is -3.47. The monoisotopic (exact) mass is 348 g/mol. The first kappa shape index (κ1) is 17.8. The standard InChI is InChI=1S/C17H20N2O4S/c1-3-23-16-12-8-7-11-15(16)18-17(20)13-9-5-6-10-14(13)19-24(21,22)4-2/h5-12,19H,3-4H2,1-2H3,(H,18,20). The summed E-state index contributed by atoms with van der Waals surface area (Å²) >= 11 is 0. The van der Waals surface area contributed by atoms with Crippen molar-refractivity contribution >= 4 is 27.3 Å². The van der Waals surface area contributed by atoms with Gasteiger partial charge in [0.05, 0.1) is 29.3 Å². The van der Waals surface area contributed by atoms with Gasteiger partial charge in [-0.2, -0.15) is 0 Å². The van der Waals surface area contributed by atoms with Crippen LogP contribution in [0.1, 0.15) is 24.2 Å². The number of nitrogens with one attached hydrogen (secondary N) is 2. The fraction of sp³-hybridized carbons (Fsp3) is 0.235. The van der Waals surface area contributed by atoms with E-state index in [0.717, 1.165) is 0 Å². The summed E-state index contributed by atoms with van der Waals surface area (Å²) in [6, 6.07) is 13.5. The lowest BCUT2D eigenvalue weighted by atomic mass is 10.1. The summed E-state index contributed by atoms with van der Waals surface area (Å²) in [5.41, 5.74) is 1.00. The highest BCUT2D eigenvalue weighted by Gasteiger charge is 2.16. The van der Waals surface area contributed by atoms with Gasteiger partial charge < -0.3 is 10.1 Å². The Morgan fingerprint density at radius 1 is 1.00 bits per heavy atom. The molecule has 128 valence electrons. The Hall–Kier alpha value is -2.54. The SMILES string of the molecule is CCOc1ccccc1NC(=O)c1ccccc1NS(=O)(=O)CC. The number of sulfonamides is 1. The molecule has 1 amide bonds. The highest BCUT2D eigenvalue weighted by Crippen LogP contribution is 2.25. The van der Waals surface area contributed by atoms with E-state index in [-0.39, 0.29) is 17.0 Å². The molecule has 24 heavy (non-hydrogen) atoms. The molecule has 0 aromatic heterocycles. The van der Waals surface area contributed by atoms with Crippen LogP contribution in [0.4, 0.5) is 11.4 Å². The molecular formula is C17H20N2O4S. The van der Waals surface area contributed by atoms with Crippen LogP contribution in [0.2, 0.25) is 0 Å². The number of amides is 1. The third kappa shape index (κ3) is 4.48. The molecule has 0 heterocycles. The molecule has 0 aliphatic carbocycles. The van der Waals surface area contributed by atoms with Crippen molar-refractivity contribution in [1.29, 1.82) is 0 Å². The zero-order valence-electron chi connectivity index (χ0n) is 13.6. The van der Waals surface area contributed by atoms with Crippen LogP contribution >= 0.6 is 0 Å². The third-order valence-electron chi connectivity index (χ3n) is 3.25. The number of carbonyl (C=O) groups is 1. The van der Waals surface area contributed by atoms with Crippen molar-refractivity contribution in [3.05, 3.63) is 54.1 Å². The van der Waals surface area contributed by atoms with Gasteiger partial charge in [0.1, 0.15) is 5.75 Å². The van der Waals surface area contributed by atoms with Gasteiger partial charge in [-0.1, -0.05) is 24.3 Å². The Balaban J connectivity index is 2.28. The number of rotatable bonds is 7. The van der Waals surface area contributed by atoms with Crippen LogP contribution in [0.15, 0.2) is 48.5 Å². The molecule has 2 aromatic carbocycles. The molecule has 0 radical (unpaired) electrons. The number of anilines is 2. The van der Waals surface area contributed by atoms with Crippen LogP contribution in [-0.2, 0) is 10.0 Å². The number of ether oxygens (including phenoxy) is 1. The fourth-order valence-corrected chi connectivity index (χ4v) is 2.71. The van der Waals surface area contributed by atoms with Crippen molar-refractivity contribution in [2.75, 3.05) is 22.4 Å². The number of hydrogen-bond donors (Lipinski definition) is 2. The van der Waals surface area contributed by atoms with Gasteiger partial charge in [-0.25, -0.2) is 8.42 Å². The second kappa shape index (κ2) is 7.83. The highest BCUT2D eigenvalue weighted by atomic mass is 32.2. The zero-order valence-corrected chi connectivity index (χ0v) is 14.4. The first-order valence-corrected chi connectivity index (χ1v) is 9.24. The predicted molar refractivity (Wildman–Crippen MR) is 95.1 cm³/mol. The average molecular weight is 348 g/mol. The lowest BCUT2D eigenvalue weighted by Crippen LogP contribution is -2.19. The smallest absolute Gasteiger partial charge is 0.257 e. The Labute approximate surface area is 141 Å². The summed E-state index contributed by atoms with van der Waals surface area (Å²) in [6.07, 6.45) is 0. The summed E-state index contributed by atoms with van der Waals surface area (Å²) in [5.74, 6) is 0.0624. The first-order valence-electron chi connectivity index (χ1n) is 7.59. The molecule has 0 aliphatic heterocycles. The number of hydrogen-bond acceptors (Lipinski definition) is 4. The van der Waals surface area contributed by atoms with E-state index in [1.54, 1.807) is 42.5 Å². The lowest BCUT2D eigenvalue weighted by Gasteiger charge is -2.14. The molecule has 0 saturated carbocycles. The van der Waals surface area contributed by atoms with Gasteiger partial charge in [-0.3, -0.25) is 9.52 Å². The maximum Gasteiger partial charge on any atom is 0.257 e. The van der Waals surface area contributed by atoms with Gasteiger partial charge in [0, 0.05) is 0 Å². The molecule has 2 aromatic rings. The Bertz CT molecular complexity index is 819. The van der Waals surface area contributed by atoms with Crippen LogP contribution in [0, 0.1) is 0 Å². The minimum Gasteiger partial charge on any atom is -0.492 e. The average Bonchev–Trinajstić information content (AvgIpc) is 2.57. The van der Waals surface area contributed by atoms with Crippen molar-refractivity contribution < 1.29 is 17.9 Å². The van der Waals surface area contributed by atoms with Crippen LogP contribution in [0.5, 0.6) is 5.75 Å². The summed E-state index contributed by atoms with van der Waals surface area (Å²) < 4.78 is 31.5. The summed E-state index contributed by atoms with van der Waals surface area (Å²) in [6.45, 7) is 3.86. The summed E-state index contributed by atoms with van der Waals surface area (Å²) in [5, 5.41) is 2.76. The van der Waals surface area contributed by atoms with Gasteiger partial charge in [-0.05, 0) is 38.1 Å². The van der Waals surface area contributed by atoms with E-state index in [2.05, 4.69) is 10.0 Å². The van der Waals surface area contributed by atoms with E-state index >= 15 is 0 Å². The van der Waals surface area contributed by atoms with Gasteiger partial charge in [0.25, 0.3) is 5.91 Å².